The van der Waals surface area contributed by atoms with E-state index in [1.165, 1.54) is 6.07 Å². The van der Waals surface area contributed by atoms with E-state index in [9.17, 15) is 29.4 Å². The Morgan fingerprint density at radius 2 is 1.02 bits per heavy atom. The van der Waals surface area contributed by atoms with E-state index >= 15 is 0 Å². The molecule has 1 aromatic heterocycles. The van der Waals surface area contributed by atoms with Crippen LogP contribution in [-0.2, 0) is 51.0 Å². The number of aromatic nitrogens is 2. The van der Waals surface area contributed by atoms with Crippen LogP contribution >= 0.6 is 23.2 Å². The number of hydrogen-bond donors (Lipinski definition) is 11. The van der Waals surface area contributed by atoms with Crippen LogP contribution in [0.5, 0.6) is 11.5 Å². The molecule has 1 heterocycles. The zero-order valence-electron chi connectivity index (χ0n) is 44.8. The fraction of sp³-hybridized carbons (Fsp3) is 0.462. The predicted octanol–water partition coefficient (Wildman–Crippen LogP) is 1.09. The Hall–Kier alpha value is -7.18. The maximum atomic E-state index is 12.3. The minimum absolute atomic E-state index is 0.00970. The van der Waals surface area contributed by atoms with Crippen LogP contribution in [0.1, 0.15) is 57.7 Å². The van der Waals surface area contributed by atoms with Gasteiger partial charge in [-0.3, -0.25) is 44.6 Å². The molecule has 0 saturated carbocycles. The first-order chi connectivity index (χ1) is 39.1. The number of hydrogen-bond acceptors (Lipinski definition) is 21. The van der Waals surface area contributed by atoms with Gasteiger partial charge in [0.15, 0.2) is 46.6 Å². The number of anilines is 3. The number of carbonyl (C=O) groups excluding carboxylic acids is 4. The summed E-state index contributed by atoms with van der Waals surface area (Å²) in [4.78, 5) is 70.0. The summed E-state index contributed by atoms with van der Waals surface area (Å²) < 4.78 is 38.8. The summed E-state index contributed by atoms with van der Waals surface area (Å²) in [6.07, 6.45) is 0.732. The van der Waals surface area contributed by atoms with Crippen molar-refractivity contribution in [2.24, 2.45) is 21.5 Å². The molecule has 2 atom stereocenters. The van der Waals surface area contributed by atoms with Crippen LogP contribution in [0.25, 0.3) is 0 Å². The number of nitrogens with one attached hydrogen (secondary N) is 4. The summed E-state index contributed by atoms with van der Waals surface area (Å²) in [5, 5.41) is 27.6. The zero-order chi connectivity index (χ0) is 58.6. The number of guanidine groups is 2. The van der Waals surface area contributed by atoms with Gasteiger partial charge in [-0.25, -0.2) is 15.4 Å². The number of hydroxylamine groups is 1. The topological polar surface area (TPSA) is 411 Å². The van der Waals surface area contributed by atoms with Crippen LogP contribution in [0, 0.1) is 0 Å². The van der Waals surface area contributed by atoms with E-state index in [4.69, 9.17) is 89.9 Å². The third-order valence-corrected chi connectivity index (χ3v) is 11.6. The van der Waals surface area contributed by atoms with Crippen LogP contribution in [-0.4, -0.2) is 173 Å². The number of amides is 4. The minimum Gasteiger partial charge on any atom is -0.491 e. The molecule has 4 amide bonds. The molecule has 4 rings (SSSR count). The maximum Gasteiger partial charge on any atom is 0.280 e. The van der Waals surface area contributed by atoms with Crippen molar-refractivity contribution in [3.63, 3.8) is 0 Å². The molecule has 0 saturated heterocycles. The average molecular weight is 1180 g/mol. The molecule has 444 valence electrons. The lowest BCUT2D eigenvalue weighted by molar-refractivity contribution is -0.155. The van der Waals surface area contributed by atoms with Gasteiger partial charge in [0.1, 0.15) is 24.7 Å². The SMILES string of the molecule is NC(=NCCCCc1ccc(OCCOCCOCCONC(=O)C(O)C(O)C(=O)NCCOCCOCCOCCOc2ccc(CCCCN=C(N)NC(=O)c3nc(Cl)c(N)nc3N)cc2)cc1)NC(=O)c1ccc(N)c(Cl)c1. The Morgan fingerprint density at radius 1 is 0.556 bits per heavy atom. The van der Waals surface area contributed by atoms with Gasteiger partial charge in [-0.05, 0) is 92.1 Å². The van der Waals surface area contributed by atoms with Crippen molar-refractivity contribution in [1.82, 2.24) is 31.4 Å². The summed E-state index contributed by atoms with van der Waals surface area (Å²) in [5.74, 6) is -2.12. The first kappa shape index (κ1) is 66.3. The molecule has 0 bridgehead atoms. The molecule has 2 unspecified atom stereocenters. The summed E-state index contributed by atoms with van der Waals surface area (Å²) in [5.41, 5.74) is 33.3. The van der Waals surface area contributed by atoms with E-state index in [2.05, 4.69) is 35.9 Å². The lowest BCUT2D eigenvalue weighted by atomic mass is 10.1. The normalized spacial score (nSPS) is 12.3. The summed E-state index contributed by atoms with van der Waals surface area (Å²) in [7, 11) is 0. The fourth-order valence-corrected chi connectivity index (χ4v) is 7.03. The van der Waals surface area contributed by atoms with Gasteiger partial charge in [0, 0.05) is 25.2 Å². The average Bonchev–Trinajstić information content (AvgIpc) is 3.48. The van der Waals surface area contributed by atoms with Gasteiger partial charge in [-0.2, -0.15) is 0 Å². The molecular formula is C52H73Cl2N13O14. The molecule has 4 aromatic rings. The molecular weight excluding hydrogens is 1100 g/mol. The van der Waals surface area contributed by atoms with Crippen molar-refractivity contribution in [2.75, 3.05) is 123 Å². The standard InChI is InChI=1S/C52H73Cl2N13O14/c53-39-33-36(11-16-40(39)55)47(70)65-51(58)61-17-3-1-5-34-7-12-38(13-8-34)80-31-28-77-25-26-78-29-32-81-67-50(73)43(69)42(68)49(72)60-19-20-74-21-22-75-23-24-76-27-30-79-37-14-9-35(10-15-37)6-2-4-18-62-52(59)66-48(71)41-45(56)64-46(57)44(54)63-41/h7-16,33,42-43,68-69H,1-6,17-32,55H2,(H,60,72)(H,67,73)(H4,56,57,64)(H3,58,61,65,70)(H3,59,62,66,71). The minimum atomic E-state index is -2.08. The van der Waals surface area contributed by atoms with Gasteiger partial charge in [0.2, 0.25) is 0 Å². The molecule has 0 fully saturated rings. The Labute approximate surface area is 478 Å². The third-order valence-electron chi connectivity index (χ3n) is 11.0. The molecule has 0 aliphatic heterocycles. The molecule has 0 radical (unpaired) electrons. The Balaban J connectivity index is 0.874. The van der Waals surface area contributed by atoms with Crippen LogP contribution in [0.3, 0.4) is 0 Å². The molecule has 0 aliphatic rings. The number of unbranched alkanes of at least 4 members (excludes halogenated alkanes) is 2. The van der Waals surface area contributed by atoms with Crippen LogP contribution in [0.15, 0.2) is 76.7 Å². The summed E-state index contributed by atoms with van der Waals surface area (Å²) >= 11 is 11.8. The number of aliphatic hydroxyl groups is 2. The number of aliphatic hydroxyl groups excluding tert-OH is 2. The molecule has 0 aliphatic carbocycles. The number of aryl methyl sites for hydroxylation is 2. The van der Waals surface area contributed by atoms with Crippen LogP contribution < -0.4 is 59.6 Å². The summed E-state index contributed by atoms with van der Waals surface area (Å²) in [6, 6.07) is 20.0. The number of nitrogens with zero attached hydrogens (tertiary/aromatic N) is 4. The van der Waals surface area contributed by atoms with Crippen LogP contribution in [0.4, 0.5) is 17.3 Å². The number of carbonyl (C=O) groups is 4. The number of rotatable bonds is 39. The van der Waals surface area contributed by atoms with E-state index in [1.54, 1.807) is 12.1 Å². The Bertz CT molecular complexity index is 2610. The molecule has 3 aromatic carbocycles. The number of aliphatic imine (C=N–C) groups is 2. The molecule has 0 spiro atoms. The lowest BCUT2D eigenvalue weighted by Gasteiger charge is -2.17. The zero-order valence-corrected chi connectivity index (χ0v) is 46.3. The second-order valence-electron chi connectivity index (χ2n) is 17.3. The van der Waals surface area contributed by atoms with Crippen LogP contribution in [0.2, 0.25) is 10.2 Å². The lowest BCUT2D eigenvalue weighted by Crippen LogP contribution is -2.50. The second-order valence-corrected chi connectivity index (χ2v) is 18.0. The van der Waals surface area contributed by atoms with Gasteiger partial charge in [-0.15, -0.1) is 0 Å². The molecule has 27 nitrogen and oxygen atoms in total. The van der Waals surface area contributed by atoms with E-state index in [0.717, 1.165) is 49.7 Å². The van der Waals surface area contributed by atoms with Gasteiger partial charge in [0.05, 0.1) is 83.4 Å². The number of nitrogens with two attached hydrogens (primary N) is 5. The quantitative estimate of drug-likeness (QED) is 0.00979. The maximum absolute atomic E-state index is 12.3. The van der Waals surface area contributed by atoms with E-state index < -0.39 is 35.8 Å². The van der Waals surface area contributed by atoms with Crippen molar-refractivity contribution in [3.05, 3.63) is 99.3 Å². The third kappa shape index (κ3) is 27.2. The van der Waals surface area contributed by atoms with Crippen molar-refractivity contribution in [3.8, 4) is 11.5 Å². The van der Waals surface area contributed by atoms with Gasteiger partial charge in [-0.1, -0.05) is 47.5 Å². The van der Waals surface area contributed by atoms with E-state index in [-0.39, 0.29) is 92.2 Å². The van der Waals surface area contributed by atoms with Gasteiger partial charge >= 0.3 is 0 Å². The monoisotopic (exact) mass is 1170 g/mol. The number of ether oxygens (including phenoxy) is 7. The molecule has 29 heteroatoms. The van der Waals surface area contributed by atoms with Crippen molar-refractivity contribution >= 4 is 76.1 Å². The van der Waals surface area contributed by atoms with Gasteiger partial charge in [0.25, 0.3) is 23.6 Å². The van der Waals surface area contributed by atoms with Crippen molar-refractivity contribution in [1.29, 1.82) is 0 Å². The van der Waals surface area contributed by atoms with E-state index in [0.29, 0.717) is 75.5 Å². The van der Waals surface area contributed by atoms with Crippen molar-refractivity contribution < 1.29 is 67.4 Å². The molecule has 16 N–H and O–H groups in total. The smallest absolute Gasteiger partial charge is 0.280 e. The van der Waals surface area contributed by atoms with E-state index in [1.807, 2.05) is 54.0 Å². The predicted molar refractivity (Wildman–Crippen MR) is 303 cm³/mol. The fourth-order valence-electron chi connectivity index (χ4n) is 6.73. The second kappa shape index (κ2) is 38.5. The number of nitrogen functional groups attached to an aromatic ring is 3. The highest BCUT2D eigenvalue weighted by atomic mass is 35.5. The van der Waals surface area contributed by atoms with Crippen molar-refractivity contribution in [2.45, 2.75) is 50.7 Å². The molecule has 81 heavy (non-hydrogen) atoms. The number of benzene rings is 3. The number of halogens is 2. The highest BCUT2D eigenvalue weighted by Gasteiger charge is 2.30. The van der Waals surface area contributed by atoms with Gasteiger partial charge < -0.3 is 77.4 Å². The summed E-state index contributed by atoms with van der Waals surface area (Å²) in [6.45, 7) is 4.05. The highest BCUT2D eigenvalue weighted by molar-refractivity contribution is 6.33. The largest absolute Gasteiger partial charge is 0.491 e. The first-order valence-corrected chi connectivity index (χ1v) is 26.6. The Kier molecular flexibility index (Phi) is 31.5. The first-order valence-electron chi connectivity index (χ1n) is 25.8. The highest BCUT2D eigenvalue weighted by Crippen LogP contribution is 2.20. The Morgan fingerprint density at radius 3 is 1.54 bits per heavy atom.